The van der Waals surface area contributed by atoms with Gasteiger partial charge in [0, 0.05) is 12.5 Å². The average molecular weight is 303 g/mol. The SMILES string of the molecule is O=C(NCc1ccc(F)cc1C(F)(F)F)C1CCCCC1. The Morgan fingerprint density at radius 2 is 1.86 bits per heavy atom. The van der Waals surface area contributed by atoms with E-state index in [0.717, 1.165) is 44.2 Å². The second-order valence-electron chi connectivity index (χ2n) is 5.35. The first-order valence-corrected chi connectivity index (χ1v) is 7.01. The predicted octanol–water partition coefficient (Wildman–Crippen LogP) is 4.04. The van der Waals surface area contributed by atoms with E-state index in [1.165, 1.54) is 0 Å². The lowest BCUT2D eigenvalue weighted by Crippen LogP contribution is -2.32. The molecule has 1 aliphatic carbocycles. The van der Waals surface area contributed by atoms with Crippen LogP contribution in [0.1, 0.15) is 43.2 Å². The third-order valence-electron chi connectivity index (χ3n) is 3.81. The van der Waals surface area contributed by atoms with Gasteiger partial charge in [-0.2, -0.15) is 13.2 Å². The van der Waals surface area contributed by atoms with Crippen LogP contribution in [0.25, 0.3) is 0 Å². The van der Waals surface area contributed by atoms with Crippen molar-refractivity contribution in [3.05, 3.63) is 35.1 Å². The van der Waals surface area contributed by atoms with Crippen LogP contribution in [0.3, 0.4) is 0 Å². The fourth-order valence-corrected chi connectivity index (χ4v) is 2.66. The number of rotatable bonds is 3. The van der Waals surface area contributed by atoms with Crippen LogP contribution in [-0.4, -0.2) is 5.91 Å². The first kappa shape index (κ1) is 15.8. The van der Waals surface area contributed by atoms with Gasteiger partial charge in [0.1, 0.15) is 5.82 Å². The summed E-state index contributed by atoms with van der Waals surface area (Å²) in [5.74, 6) is -1.27. The normalized spacial score (nSPS) is 16.8. The Balaban J connectivity index is 2.04. The van der Waals surface area contributed by atoms with E-state index >= 15 is 0 Å². The summed E-state index contributed by atoms with van der Waals surface area (Å²) in [6.07, 6.45) is -0.0272. The Bertz CT molecular complexity index is 507. The van der Waals surface area contributed by atoms with Crippen molar-refractivity contribution in [3.63, 3.8) is 0 Å². The fourth-order valence-electron chi connectivity index (χ4n) is 2.66. The van der Waals surface area contributed by atoms with Gasteiger partial charge in [0.05, 0.1) is 5.56 Å². The molecule has 0 bridgehead atoms. The minimum atomic E-state index is -4.63. The molecule has 0 unspecified atom stereocenters. The van der Waals surface area contributed by atoms with Crippen molar-refractivity contribution in [1.29, 1.82) is 0 Å². The second kappa shape index (κ2) is 6.45. The number of carbonyl (C=O) groups is 1. The molecule has 116 valence electrons. The van der Waals surface area contributed by atoms with Gasteiger partial charge in [-0.15, -0.1) is 0 Å². The molecule has 1 amide bonds. The molecular weight excluding hydrogens is 286 g/mol. The molecule has 1 aromatic rings. The van der Waals surface area contributed by atoms with Crippen LogP contribution in [0.15, 0.2) is 18.2 Å². The van der Waals surface area contributed by atoms with Crippen LogP contribution in [0.5, 0.6) is 0 Å². The van der Waals surface area contributed by atoms with E-state index in [9.17, 15) is 22.4 Å². The zero-order valence-electron chi connectivity index (χ0n) is 11.5. The first-order chi connectivity index (χ1) is 9.88. The Labute approximate surface area is 120 Å². The van der Waals surface area contributed by atoms with E-state index < -0.39 is 17.6 Å². The summed E-state index contributed by atoms with van der Waals surface area (Å²) in [6, 6.07) is 2.50. The summed E-state index contributed by atoms with van der Waals surface area (Å²) >= 11 is 0. The second-order valence-corrected chi connectivity index (χ2v) is 5.35. The van der Waals surface area contributed by atoms with E-state index in [1.54, 1.807) is 0 Å². The topological polar surface area (TPSA) is 29.1 Å². The zero-order chi connectivity index (χ0) is 15.5. The summed E-state index contributed by atoms with van der Waals surface area (Å²) in [5.41, 5.74) is -1.15. The summed E-state index contributed by atoms with van der Waals surface area (Å²) in [6.45, 7) is -0.232. The van der Waals surface area contributed by atoms with Crippen molar-refractivity contribution in [2.24, 2.45) is 5.92 Å². The van der Waals surface area contributed by atoms with E-state index in [4.69, 9.17) is 0 Å². The van der Waals surface area contributed by atoms with E-state index in [2.05, 4.69) is 5.32 Å². The Hall–Kier alpha value is -1.59. The van der Waals surface area contributed by atoms with Crippen molar-refractivity contribution in [2.75, 3.05) is 0 Å². The van der Waals surface area contributed by atoms with Gasteiger partial charge in [-0.3, -0.25) is 4.79 Å². The van der Waals surface area contributed by atoms with Gasteiger partial charge in [0.2, 0.25) is 5.91 Å². The summed E-state index contributed by atoms with van der Waals surface area (Å²) in [7, 11) is 0. The van der Waals surface area contributed by atoms with Gasteiger partial charge in [-0.05, 0) is 30.5 Å². The highest BCUT2D eigenvalue weighted by Gasteiger charge is 2.34. The van der Waals surface area contributed by atoms with Gasteiger partial charge >= 0.3 is 6.18 Å². The largest absolute Gasteiger partial charge is 0.416 e. The molecule has 0 aliphatic heterocycles. The number of hydrogen-bond acceptors (Lipinski definition) is 1. The predicted molar refractivity (Wildman–Crippen MR) is 69.8 cm³/mol. The van der Waals surface area contributed by atoms with E-state index in [1.807, 2.05) is 0 Å². The maximum Gasteiger partial charge on any atom is 0.416 e. The number of halogens is 4. The first-order valence-electron chi connectivity index (χ1n) is 7.01. The maximum atomic E-state index is 13.0. The standard InChI is InChI=1S/C15H17F4NO/c16-12-7-6-11(13(8-12)15(17,18)19)9-20-14(21)10-4-2-1-3-5-10/h6-8,10H,1-5,9H2,(H,20,21). The minimum Gasteiger partial charge on any atom is -0.352 e. The molecule has 0 spiro atoms. The van der Waals surface area contributed by atoms with Crippen LogP contribution < -0.4 is 5.32 Å². The highest BCUT2D eigenvalue weighted by molar-refractivity contribution is 5.78. The van der Waals surface area contributed by atoms with Crippen LogP contribution >= 0.6 is 0 Å². The minimum absolute atomic E-state index is 0.117. The van der Waals surface area contributed by atoms with Gasteiger partial charge in [-0.1, -0.05) is 25.3 Å². The molecule has 1 saturated carbocycles. The third-order valence-corrected chi connectivity index (χ3v) is 3.81. The molecule has 2 nitrogen and oxygen atoms in total. The van der Waals surface area contributed by atoms with Crippen molar-refractivity contribution in [1.82, 2.24) is 5.32 Å². The quantitative estimate of drug-likeness (QED) is 0.839. The molecule has 2 rings (SSSR count). The zero-order valence-corrected chi connectivity index (χ0v) is 11.5. The molecule has 0 saturated heterocycles. The summed E-state index contributed by atoms with van der Waals surface area (Å²) in [5, 5.41) is 2.54. The van der Waals surface area contributed by atoms with E-state index in [-0.39, 0.29) is 23.9 Å². The molecule has 1 fully saturated rings. The Morgan fingerprint density at radius 1 is 1.19 bits per heavy atom. The van der Waals surface area contributed by atoms with Crippen LogP contribution in [0.4, 0.5) is 17.6 Å². The number of amides is 1. The van der Waals surface area contributed by atoms with Gasteiger partial charge in [0.25, 0.3) is 0 Å². The van der Waals surface area contributed by atoms with Crippen molar-refractivity contribution >= 4 is 5.91 Å². The molecular formula is C15H17F4NO. The van der Waals surface area contributed by atoms with Gasteiger partial charge in [-0.25, -0.2) is 4.39 Å². The van der Waals surface area contributed by atoms with Gasteiger partial charge < -0.3 is 5.32 Å². The number of carbonyl (C=O) groups excluding carboxylic acids is 1. The van der Waals surface area contributed by atoms with Crippen molar-refractivity contribution in [2.45, 2.75) is 44.8 Å². The maximum absolute atomic E-state index is 13.0. The number of alkyl halides is 3. The van der Waals surface area contributed by atoms with Crippen LogP contribution in [-0.2, 0) is 17.5 Å². The van der Waals surface area contributed by atoms with Crippen LogP contribution in [0.2, 0.25) is 0 Å². The molecule has 1 aliphatic rings. The molecule has 0 aromatic heterocycles. The molecule has 1 aromatic carbocycles. The lowest BCUT2D eigenvalue weighted by Gasteiger charge is -2.21. The molecule has 21 heavy (non-hydrogen) atoms. The average Bonchev–Trinajstić information content (AvgIpc) is 2.45. The Kier molecular flexibility index (Phi) is 4.85. The van der Waals surface area contributed by atoms with Crippen molar-refractivity contribution in [3.8, 4) is 0 Å². The molecule has 1 N–H and O–H groups in total. The van der Waals surface area contributed by atoms with Gasteiger partial charge in [0.15, 0.2) is 0 Å². The lowest BCUT2D eigenvalue weighted by molar-refractivity contribution is -0.138. The molecule has 6 heteroatoms. The van der Waals surface area contributed by atoms with Crippen LogP contribution in [0, 0.1) is 11.7 Å². The number of hydrogen-bond donors (Lipinski definition) is 1. The number of benzene rings is 1. The van der Waals surface area contributed by atoms with Crippen molar-refractivity contribution < 1.29 is 22.4 Å². The summed E-state index contributed by atoms with van der Waals surface area (Å²) < 4.78 is 51.5. The fraction of sp³-hybridized carbons (Fsp3) is 0.533. The molecule has 0 atom stereocenters. The molecule has 0 radical (unpaired) electrons. The Morgan fingerprint density at radius 3 is 2.48 bits per heavy atom. The molecule has 0 heterocycles. The lowest BCUT2D eigenvalue weighted by atomic mass is 9.88. The monoisotopic (exact) mass is 303 g/mol. The smallest absolute Gasteiger partial charge is 0.352 e. The highest BCUT2D eigenvalue weighted by atomic mass is 19.4. The number of nitrogens with one attached hydrogen (secondary N) is 1. The van der Waals surface area contributed by atoms with E-state index in [0.29, 0.717) is 6.07 Å². The highest BCUT2D eigenvalue weighted by Crippen LogP contribution is 2.32. The summed E-state index contributed by atoms with van der Waals surface area (Å²) in [4.78, 5) is 11.9. The third kappa shape index (κ3) is 4.19.